The van der Waals surface area contributed by atoms with Gasteiger partial charge in [-0.3, -0.25) is 5.41 Å². The number of hydrogen-bond donors (Lipinski definition) is 2. The Hall–Kier alpha value is -1.10. The van der Waals surface area contributed by atoms with Crippen molar-refractivity contribution in [1.29, 1.82) is 5.41 Å². The SMILES string of the molecule is CN(C(=N)c1ccc(Cl)cc1)C1(O)C2CC3CC1CN(C3)C2. The van der Waals surface area contributed by atoms with Crippen molar-refractivity contribution in [3.63, 3.8) is 0 Å². The molecular weight excluding hydrogens is 298 g/mol. The summed E-state index contributed by atoms with van der Waals surface area (Å²) in [4.78, 5) is 4.30. The van der Waals surface area contributed by atoms with E-state index in [4.69, 9.17) is 17.0 Å². The van der Waals surface area contributed by atoms with E-state index in [2.05, 4.69) is 4.90 Å². The molecule has 2 atom stereocenters. The van der Waals surface area contributed by atoms with Gasteiger partial charge in [-0.1, -0.05) is 11.6 Å². The molecule has 1 aromatic carbocycles. The Balaban J connectivity index is 1.62. The maximum absolute atomic E-state index is 11.5. The number of aliphatic hydroxyl groups is 1. The van der Waals surface area contributed by atoms with E-state index in [-0.39, 0.29) is 11.8 Å². The third-order valence-electron chi connectivity index (χ3n) is 5.90. The molecule has 3 aliphatic heterocycles. The van der Waals surface area contributed by atoms with Gasteiger partial charge in [0.2, 0.25) is 0 Å². The molecule has 118 valence electrons. The smallest absolute Gasteiger partial charge is 0.146 e. The molecule has 3 saturated heterocycles. The van der Waals surface area contributed by atoms with Gasteiger partial charge in [0, 0.05) is 49.1 Å². The van der Waals surface area contributed by atoms with E-state index in [1.54, 1.807) is 12.1 Å². The summed E-state index contributed by atoms with van der Waals surface area (Å²) >= 11 is 5.93. The second-order valence-electron chi connectivity index (χ2n) is 7.15. The summed E-state index contributed by atoms with van der Waals surface area (Å²) in [5.41, 5.74) is -0.0844. The summed E-state index contributed by atoms with van der Waals surface area (Å²) in [6, 6.07) is 7.30. The van der Waals surface area contributed by atoms with Crippen LogP contribution in [0.15, 0.2) is 24.3 Å². The molecule has 22 heavy (non-hydrogen) atoms. The Kier molecular flexibility index (Phi) is 3.26. The van der Waals surface area contributed by atoms with Gasteiger partial charge >= 0.3 is 0 Å². The van der Waals surface area contributed by atoms with E-state index in [1.807, 2.05) is 24.1 Å². The summed E-state index contributed by atoms with van der Waals surface area (Å²) in [5, 5.41) is 20.7. The maximum atomic E-state index is 11.5. The molecule has 4 fully saturated rings. The van der Waals surface area contributed by atoms with E-state index < -0.39 is 5.72 Å². The van der Waals surface area contributed by atoms with Gasteiger partial charge in [0.25, 0.3) is 0 Å². The van der Waals surface area contributed by atoms with Crippen LogP contribution in [0.5, 0.6) is 0 Å². The number of piperidine rings is 3. The number of halogens is 1. The summed E-state index contributed by atoms with van der Waals surface area (Å²) in [6.07, 6.45) is 2.17. The number of rotatable bonds is 2. The van der Waals surface area contributed by atoms with Crippen LogP contribution in [0.25, 0.3) is 0 Å². The molecule has 0 spiro atoms. The van der Waals surface area contributed by atoms with Gasteiger partial charge in [-0.25, -0.2) is 0 Å². The zero-order valence-electron chi connectivity index (χ0n) is 12.8. The van der Waals surface area contributed by atoms with Crippen molar-refractivity contribution in [3.8, 4) is 0 Å². The van der Waals surface area contributed by atoms with Gasteiger partial charge in [0.05, 0.1) is 0 Å². The van der Waals surface area contributed by atoms with Crippen LogP contribution in [0, 0.1) is 23.2 Å². The lowest BCUT2D eigenvalue weighted by atomic mass is 9.62. The third-order valence-corrected chi connectivity index (χ3v) is 6.15. The average Bonchev–Trinajstić information content (AvgIpc) is 2.51. The molecule has 4 nitrogen and oxygen atoms in total. The van der Waals surface area contributed by atoms with Gasteiger partial charge in [-0.05, 0) is 43.0 Å². The highest BCUT2D eigenvalue weighted by Gasteiger charge is 2.58. The molecule has 4 bridgehead atoms. The fourth-order valence-electron chi connectivity index (χ4n) is 4.89. The number of amidine groups is 1. The quantitative estimate of drug-likeness (QED) is 0.499. The molecule has 5 heteroatoms. The molecule has 1 aliphatic carbocycles. The summed E-state index contributed by atoms with van der Waals surface area (Å²) < 4.78 is 0. The van der Waals surface area contributed by atoms with Crippen molar-refractivity contribution >= 4 is 17.4 Å². The molecule has 1 aromatic rings. The molecule has 0 radical (unpaired) electrons. The minimum absolute atomic E-state index is 0.247. The maximum Gasteiger partial charge on any atom is 0.146 e. The lowest BCUT2D eigenvalue weighted by molar-refractivity contribution is -0.233. The molecule has 1 saturated carbocycles. The van der Waals surface area contributed by atoms with Gasteiger partial charge in [0.15, 0.2) is 0 Å². The van der Waals surface area contributed by atoms with Gasteiger partial charge in [-0.15, -0.1) is 0 Å². The number of nitrogens with zero attached hydrogens (tertiary/aromatic N) is 2. The highest BCUT2D eigenvalue weighted by molar-refractivity contribution is 6.30. The first kappa shape index (κ1) is 14.5. The van der Waals surface area contributed by atoms with E-state index in [9.17, 15) is 5.11 Å². The monoisotopic (exact) mass is 319 g/mol. The number of hydrogen-bond acceptors (Lipinski definition) is 3. The number of benzene rings is 1. The minimum Gasteiger partial charge on any atom is -0.370 e. The fraction of sp³-hybridized carbons (Fsp3) is 0.588. The molecular formula is C17H22ClN3O. The Morgan fingerprint density at radius 1 is 1.23 bits per heavy atom. The van der Waals surface area contributed by atoms with Crippen molar-refractivity contribution in [2.24, 2.45) is 17.8 Å². The lowest BCUT2D eigenvalue weighted by Gasteiger charge is -2.62. The Bertz CT molecular complexity index is 572. The van der Waals surface area contributed by atoms with E-state index in [0.29, 0.717) is 10.9 Å². The normalized spacial score (nSPS) is 39.0. The Morgan fingerprint density at radius 2 is 1.82 bits per heavy atom. The van der Waals surface area contributed by atoms with Crippen LogP contribution < -0.4 is 0 Å². The Morgan fingerprint density at radius 3 is 2.36 bits per heavy atom. The van der Waals surface area contributed by atoms with Crippen molar-refractivity contribution in [3.05, 3.63) is 34.9 Å². The topological polar surface area (TPSA) is 50.6 Å². The molecule has 5 rings (SSSR count). The van der Waals surface area contributed by atoms with Crippen LogP contribution >= 0.6 is 11.6 Å². The van der Waals surface area contributed by atoms with Crippen LogP contribution in [0.2, 0.25) is 5.02 Å². The molecule has 2 N–H and O–H groups in total. The van der Waals surface area contributed by atoms with Crippen molar-refractivity contribution in [1.82, 2.24) is 9.80 Å². The van der Waals surface area contributed by atoms with Crippen LogP contribution in [0.4, 0.5) is 0 Å². The summed E-state index contributed by atoms with van der Waals surface area (Å²) in [6.45, 7) is 3.12. The zero-order chi connectivity index (χ0) is 15.5. The largest absolute Gasteiger partial charge is 0.370 e. The van der Waals surface area contributed by atoms with Gasteiger partial charge < -0.3 is 14.9 Å². The molecule has 3 heterocycles. The molecule has 4 aliphatic rings. The summed E-state index contributed by atoms with van der Waals surface area (Å²) in [7, 11) is 1.87. The van der Waals surface area contributed by atoms with Gasteiger partial charge in [0.1, 0.15) is 11.6 Å². The van der Waals surface area contributed by atoms with E-state index in [0.717, 1.165) is 37.4 Å². The standard InChI is InChI=1S/C17H22ClN3O/c1-20(16(19)12-2-4-15(18)5-3-12)17(22)13-6-11-7-14(17)10-21(8-11)9-13/h2-5,11,13-14,19,22H,6-10H2,1H3. The third kappa shape index (κ3) is 2.01. The zero-order valence-corrected chi connectivity index (χ0v) is 13.6. The van der Waals surface area contributed by atoms with Crippen molar-refractivity contribution in [2.45, 2.75) is 18.6 Å². The van der Waals surface area contributed by atoms with Crippen molar-refractivity contribution in [2.75, 3.05) is 26.7 Å². The second kappa shape index (κ2) is 4.95. The van der Waals surface area contributed by atoms with Crippen LogP contribution in [-0.4, -0.2) is 53.1 Å². The van der Waals surface area contributed by atoms with E-state index >= 15 is 0 Å². The first-order chi connectivity index (χ1) is 10.5. The number of nitrogens with one attached hydrogen (secondary N) is 1. The minimum atomic E-state index is -0.885. The predicted octanol–water partition coefficient (Wildman–Crippen LogP) is 2.26. The first-order valence-corrected chi connectivity index (χ1v) is 8.39. The molecule has 0 aromatic heterocycles. The summed E-state index contributed by atoms with van der Waals surface area (Å²) in [5.74, 6) is 1.60. The van der Waals surface area contributed by atoms with Crippen LogP contribution in [0.3, 0.4) is 0 Å². The van der Waals surface area contributed by atoms with Crippen LogP contribution in [0.1, 0.15) is 18.4 Å². The van der Waals surface area contributed by atoms with Crippen LogP contribution in [-0.2, 0) is 0 Å². The molecule has 0 amide bonds. The fourth-order valence-corrected chi connectivity index (χ4v) is 5.01. The highest BCUT2D eigenvalue weighted by Crippen LogP contribution is 2.50. The predicted molar refractivity (Wildman–Crippen MR) is 87.1 cm³/mol. The van der Waals surface area contributed by atoms with Crippen molar-refractivity contribution < 1.29 is 5.11 Å². The van der Waals surface area contributed by atoms with E-state index in [1.165, 1.54) is 6.54 Å². The Labute approximate surface area is 136 Å². The average molecular weight is 320 g/mol. The lowest BCUT2D eigenvalue weighted by Crippen LogP contribution is -2.72. The first-order valence-electron chi connectivity index (χ1n) is 8.01. The highest BCUT2D eigenvalue weighted by atomic mass is 35.5. The van der Waals surface area contributed by atoms with Gasteiger partial charge in [-0.2, -0.15) is 0 Å². The second-order valence-corrected chi connectivity index (χ2v) is 7.58. The molecule has 2 unspecified atom stereocenters.